The van der Waals surface area contributed by atoms with Gasteiger partial charge in [0.1, 0.15) is 17.4 Å². The average molecular weight is 214 g/mol. The molecule has 16 heavy (non-hydrogen) atoms. The highest BCUT2D eigenvalue weighted by atomic mass is 19.1. The highest BCUT2D eigenvalue weighted by Gasteiger charge is 2.13. The molecule has 0 saturated carbocycles. The molecular formula is C13H11FN2. The molecule has 3 heteroatoms. The fourth-order valence-electron chi connectivity index (χ4n) is 1.92. The van der Waals surface area contributed by atoms with Crippen molar-refractivity contribution in [2.24, 2.45) is 0 Å². The van der Waals surface area contributed by atoms with Crippen LogP contribution in [0.5, 0.6) is 0 Å². The summed E-state index contributed by atoms with van der Waals surface area (Å²) in [7, 11) is 0. The van der Waals surface area contributed by atoms with Crippen molar-refractivity contribution in [3.63, 3.8) is 0 Å². The Morgan fingerprint density at radius 2 is 2.12 bits per heavy atom. The zero-order valence-electron chi connectivity index (χ0n) is 9.16. The molecule has 0 atom stereocenters. The molecule has 0 spiro atoms. The molecule has 0 unspecified atom stereocenters. The van der Waals surface area contributed by atoms with E-state index in [0.717, 1.165) is 10.9 Å². The van der Waals surface area contributed by atoms with Crippen molar-refractivity contribution in [1.29, 1.82) is 5.26 Å². The summed E-state index contributed by atoms with van der Waals surface area (Å²) >= 11 is 0. The topological polar surface area (TPSA) is 36.7 Å². The molecule has 0 fully saturated rings. The van der Waals surface area contributed by atoms with E-state index in [1.807, 2.05) is 19.9 Å². The van der Waals surface area contributed by atoms with Gasteiger partial charge in [0.2, 0.25) is 0 Å². The summed E-state index contributed by atoms with van der Waals surface area (Å²) in [6, 6.07) is 6.94. The van der Waals surface area contributed by atoms with E-state index in [0.29, 0.717) is 11.1 Å². The van der Waals surface area contributed by atoms with Crippen molar-refractivity contribution in [3.8, 4) is 6.07 Å². The maximum Gasteiger partial charge on any atom is 0.149 e. The fraction of sp³-hybridized carbons (Fsp3) is 0.231. The number of nitrogens with zero attached hydrogens (tertiary/aromatic N) is 2. The van der Waals surface area contributed by atoms with Gasteiger partial charge in [-0.05, 0) is 17.5 Å². The van der Waals surface area contributed by atoms with E-state index in [1.165, 1.54) is 12.3 Å². The van der Waals surface area contributed by atoms with Crippen molar-refractivity contribution in [2.45, 2.75) is 19.8 Å². The molecule has 0 aliphatic rings. The molecule has 0 N–H and O–H groups in total. The molecule has 2 aromatic rings. The summed E-state index contributed by atoms with van der Waals surface area (Å²) in [5, 5.41) is 9.74. The summed E-state index contributed by atoms with van der Waals surface area (Å²) < 4.78 is 13.5. The third-order valence-electron chi connectivity index (χ3n) is 2.59. The number of rotatable bonds is 1. The number of nitriles is 1. The Bertz CT molecular complexity index is 582. The second-order valence-corrected chi connectivity index (χ2v) is 3.99. The van der Waals surface area contributed by atoms with Crippen molar-refractivity contribution >= 4 is 10.9 Å². The van der Waals surface area contributed by atoms with Crippen molar-refractivity contribution < 1.29 is 4.39 Å². The number of pyridine rings is 1. The first-order valence-electron chi connectivity index (χ1n) is 5.12. The second-order valence-electron chi connectivity index (χ2n) is 3.99. The third kappa shape index (κ3) is 1.53. The summed E-state index contributed by atoms with van der Waals surface area (Å²) in [6.45, 7) is 3.97. The van der Waals surface area contributed by atoms with Crippen LogP contribution >= 0.6 is 0 Å². The van der Waals surface area contributed by atoms with Gasteiger partial charge >= 0.3 is 0 Å². The van der Waals surface area contributed by atoms with Crippen molar-refractivity contribution in [1.82, 2.24) is 4.98 Å². The molecule has 0 saturated heterocycles. The molecule has 80 valence electrons. The van der Waals surface area contributed by atoms with Crippen LogP contribution in [0.4, 0.5) is 4.39 Å². The molecule has 0 bridgehead atoms. The Labute approximate surface area is 93.4 Å². The monoisotopic (exact) mass is 214 g/mol. The molecular weight excluding hydrogens is 203 g/mol. The van der Waals surface area contributed by atoms with Gasteiger partial charge in [-0.2, -0.15) is 5.26 Å². The zero-order chi connectivity index (χ0) is 11.7. The van der Waals surface area contributed by atoms with Crippen LogP contribution in [0, 0.1) is 17.1 Å². The number of para-hydroxylation sites is 1. The summed E-state index contributed by atoms with van der Waals surface area (Å²) in [4.78, 5) is 4.00. The standard InChI is InChI=1S/C13H11FN2/c1-8(2)12-9(6-15)7-16-13-10(12)4-3-5-11(13)14/h3-5,7-8H,1-2H3. The number of aromatic nitrogens is 1. The largest absolute Gasteiger partial charge is 0.252 e. The van der Waals surface area contributed by atoms with E-state index in [2.05, 4.69) is 11.1 Å². The van der Waals surface area contributed by atoms with Crippen LogP contribution in [-0.2, 0) is 0 Å². The van der Waals surface area contributed by atoms with E-state index in [1.54, 1.807) is 6.07 Å². The smallest absolute Gasteiger partial charge is 0.149 e. The zero-order valence-corrected chi connectivity index (χ0v) is 9.16. The lowest BCUT2D eigenvalue weighted by Crippen LogP contribution is -1.97. The SMILES string of the molecule is CC(C)c1c(C#N)cnc2c(F)cccc12. The molecule has 2 nitrogen and oxygen atoms in total. The van der Waals surface area contributed by atoms with Crippen LogP contribution in [0.1, 0.15) is 30.9 Å². The highest BCUT2D eigenvalue weighted by Crippen LogP contribution is 2.28. The first kappa shape index (κ1) is 10.6. The number of halogens is 1. The number of benzene rings is 1. The van der Waals surface area contributed by atoms with Crippen LogP contribution in [0.15, 0.2) is 24.4 Å². The Balaban J connectivity index is 2.91. The molecule has 1 aromatic carbocycles. The molecule has 0 radical (unpaired) electrons. The Morgan fingerprint density at radius 3 is 2.75 bits per heavy atom. The van der Waals surface area contributed by atoms with E-state index >= 15 is 0 Å². The van der Waals surface area contributed by atoms with Crippen molar-refractivity contribution in [3.05, 3.63) is 41.3 Å². The lowest BCUT2D eigenvalue weighted by atomic mass is 9.94. The minimum atomic E-state index is -0.344. The first-order chi connectivity index (χ1) is 7.65. The van der Waals surface area contributed by atoms with Gasteiger partial charge in [-0.3, -0.25) is 4.98 Å². The lowest BCUT2D eigenvalue weighted by molar-refractivity contribution is 0.636. The van der Waals surface area contributed by atoms with Crippen LogP contribution in [0.25, 0.3) is 10.9 Å². The van der Waals surface area contributed by atoms with Gasteiger partial charge in [0.05, 0.1) is 5.56 Å². The normalized spacial score (nSPS) is 10.7. The van der Waals surface area contributed by atoms with Gasteiger partial charge in [-0.25, -0.2) is 4.39 Å². The third-order valence-corrected chi connectivity index (χ3v) is 2.59. The van der Waals surface area contributed by atoms with Crippen LogP contribution < -0.4 is 0 Å². The molecule has 0 aliphatic heterocycles. The van der Waals surface area contributed by atoms with Gasteiger partial charge in [-0.1, -0.05) is 26.0 Å². The van der Waals surface area contributed by atoms with Gasteiger partial charge in [0, 0.05) is 11.6 Å². The Hall–Kier alpha value is -1.95. The lowest BCUT2D eigenvalue weighted by Gasteiger charge is -2.11. The number of fused-ring (bicyclic) bond motifs is 1. The quantitative estimate of drug-likeness (QED) is 0.729. The Morgan fingerprint density at radius 1 is 1.38 bits per heavy atom. The summed E-state index contributed by atoms with van der Waals surface area (Å²) in [5.41, 5.74) is 1.73. The highest BCUT2D eigenvalue weighted by molar-refractivity contribution is 5.84. The molecule has 1 aromatic heterocycles. The summed E-state index contributed by atoms with van der Waals surface area (Å²) in [5.74, 6) is -0.175. The maximum absolute atomic E-state index is 13.5. The van der Waals surface area contributed by atoms with Crippen molar-refractivity contribution in [2.75, 3.05) is 0 Å². The minimum absolute atomic E-state index is 0.168. The van der Waals surface area contributed by atoms with Crippen LogP contribution in [0.2, 0.25) is 0 Å². The second kappa shape index (κ2) is 3.90. The predicted octanol–water partition coefficient (Wildman–Crippen LogP) is 3.37. The fourth-order valence-corrected chi connectivity index (χ4v) is 1.92. The first-order valence-corrected chi connectivity index (χ1v) is 5.12. The van der Waals surface area contributed by atoms with E-state index in [9.17, 15) is 4.39 Å². The number of hydrogen-bond acceptors (Lipinski definition) is 2. The van der Waals surface area contributed by atoms with Gasteiger partial charge in [0.25, 0.3) is 0 Å². The minimum Gasteiger partial charge on any atom is -0.252 e. The van der Waals surface area contributed by atoms with Crippen LogP contribution in [0.3, 0.4) is 0 Å². The van der Waals surface area contributed by atoms with Gasteiger partial charge in [0.15, 0.2) is 0 Å². The average Bonchev–Trinajstić information content (AvgIpc) is 2.27. The molecule has 0 amide bonds. The van der Waals surface area contributed by atoms with E-state index in [4.69, 9.17) is 5.26 Å². The van der Waals surface area contributed by atoms with E-state index in [-0.39, 0.29) is 11.7 Å². The molecule has 2 rings (SSSR count). The maximum atomic E-state index is 13.5. The van der Waals surface area contributed by atoms with Gasteiger partial charge in [-0.15, -0.1) is 0 Å². The summed E-state index contributed by atoms with van der Waals surface area (Å²) in [6.07, 6.45) is 1.45. The van der Waals surface area contributed by atoms with Gasteiger partial charge < -0.3 is 0 Å². The number of hydrogen-bond donors (Lipinski definition) is 0. The van der Waals surface area contributed by atoms with E-state index < -0.39 is 0 Å². The van der Waals surface area contributed by atoms with Crippen LogP contribution in [-0.4, -0.2) is 4.98 Å². The molecule has 1 heterocycles. The molecule has 0 aliphatic carbocycles. The predicted molar refractivity (Wildman–Crippen MR) is 60.5 cm³/mol. The Kier molecular flexibility index (Phi) is 2.57.